The molecular weight excluding hydrogens is 260 g/mol. The van der Waals surface area contributed by atoms with Crippen molar-refractivity contribution in [3.05, 3.63) is 42.1 Å². The number of pyridine rings is 1. The highest BCUT2D eigenvalue weighted by atomic mass is 16.5. The van der Waals surface area contributed by atoms with E-state index in [1.54, 1.807) is 0 Å². The molecule has 1 heterocycles. The number of nitrogens with one attached hydrogen (secondary N) is 1. The number of ether oxygens (including phenoxy) is 1. The smallest absolute Gasteiger partial charge is 0.0845 e. The molecule has 1 aromatic heterocycles. The second kappa shape index (κ2) is 7.01. The molecule has 1 N–H and O–H groups in total. The molecule has 21 heavy (non-hydrogen) atoms. The number of nitrogens with zero attached hydrogens (tertiary/aromatic N) is 1. The second-order valence-corrected chi connectivity index (χ2v) is 5.55. The van der Waals surface area contributed by atoms with E-state index in [0.717, 1.165) is 25.1 Å². The van der Waals surface area contributed by atoms with Crippen molar-refractivity contribution in [1.82, 2.24) is 10.3 Å². The van der Waals surface area contributed by atoms with Gasteiger partial charge in [0, 0.05) is 18.2 Å². The molecule has 0 aliphatic rings. The van der Waals surface area contributed by atoms with Gasteiger partial charge < -0.3 is 10.1 Å². The lowest BCUT2D eigenvalue weighted by molar-refractivity contribution is -0.0559. The van der Waals surface area contributed by atoms with Gasteiger partial charge in [0.25, 0.3) is 0 Å². The first-order valence-corrected chi connectivity index (χ1v) is 7.86. The third-order valence-corrected chi connectivity index (χ3v) is 4.16. The van der Waals surface area contributed by atoms with E-state index in [9.17, 15) is 0 Å². The normalized spacial score (nSPS) is 15.8. The van der Waals surface area contributed by atoms with Crippen LogP contribution >= 0.6 is 0 Å². The van der Waals surface area contributed by atoms with E-state index in [1.807, 2.05) is 12.3 Å². The molecule has 0 aliphatic carbocycles. The maximum Gasteiger partial charge on any atom is 0.0845 e. The molecule has 0 saturated heterocycles. The van der Waals surface area contributed by atoms with Crippen LogP contribution in [0.3, 0.4) is 0 Å². The fraction of sp³-hybridized carbons (Fsp3) is 0.500. The van der Waals surface area contributed by atoms with Crippen molar-refractivity contribution in [2.24, 2.45) is 0 Å². The number of fused-ring (bicyclic) bond motifs is 1. The summed E-state index contributed by atoms with van der Waals surface area (Å²) in [5, 5.41) is 4.76. The molecule has 0 amide bonds. The third kappa shape index (κ3) is 3.42. The lowest BCUT2D eigenvalue weighted by Gasteiger charge is -2.37. The molecular formula is C18H26N2O. The molecule has 2 rings (SSSR count). The first kappa shape index (κ1) is 15.9. The second-order valence-electron chi connectivity index (χ2n) is 5.55. The number of rotatable bonds is 7. The molecule has 0 fully saturated rings. The Morgan fingerprint density at radius 3 is 2.71 bits per heavy atom. The Morgan fingerprint density at radius 2 is 2.05 bits per heavy atom. The van der Waals surface area contributed by atoms with Crippen LogP contribution in [-0.2, 0) is 4.74 Å². The number of hydrogen-bond acceptors (Lipinski definition) is 3. The van der Waals surface area contributed by atoms with Crippen LogP contribution in [0.4, 0.5) is 0 Å². The summed E-state index contributed by atoms with van der Waals surface area (Å²) >= 11 is 0. The van der Waals surface area contributed by atoms with Gasteiger partial charge in [0.1, 0.15) is 0 Å². The van der Waals surface area contributed by atoms with E-state index >= 15 is 0 Å². The van der Waals surface area contributed by atoms with Crippen LogP contribution in [0.25, 0.3) is 10.9 Å². The van der Waals surface area contributed by atoms with E-state index in [4.69, 9.17) is 4.74 Å². The molecule has 0 spiro atoms. The van der Waals surface area contributed by atoms with Crippen molar-refractivity contribution < 1.29 is 4.74 Å². The molecule has 3 heteroatoms. The lowest BCUT2D eigenvalue weighted by atomic mass is 9.87. The summed E-state index contributed by atoms with van der Waals surface area (Å²) in [5.74, 6) is 0. The zero-order valence-electron chi connectivity index (χ0n) is 13.5. The van der Waals surface area contributed by atoms with Gasteiger partial charge in [-0.2, -0.15) is 0 Å². The summed E-state index contributed by atoms with van der Waals surface area (Å²) in [6.45, 7) is 10.2. The Kier molecular flexibility index (Phi) is 5.32. The van der Waals surface area contributed by atoms with E-state index < -0.39 is 0 Å². The Hall–Kier alpha value is -1.45. The molecule has 0 bridgehead atoms. The maximum absolute atomic E-state index is 6.08. The van der Waals surface area contributed by atoms with Gasteiger partial charge in [0.2, 0.25) is 0 Å². The van der Waals surface area contributed by atoms with Crippen LogP contribution in [0.1, 0.15) is 45.7 Å². The summed E-state index contributed by atoms with van der Waals surface area (Å²) in [7, 11) is 0. The van der Waals surface area contributed by atoms with Gasteiger partial charge in [0.05, 0.1) is 17.2 Å². The van der Waals surface area contributed by atoms with E-state index in [-0.39, 0.29) is 11.6 Å². The highest BCUT2D eigenvalue weighted by Crippen LogP contribution is 2.33. The van der Waals surface area contributed by atoms with Gasteiger partial charge in [-0.25, -0.2) is 0 Å². The predicted octanol–water partition coefficient (Wildman–Crippen LogP) is 4.09. The third-order valence-electron chi connectivity index (χ3n) is 4.16. The highest BCUT2D eigenvalue weighted by molar-refractivity contribution is 5.79. The molecule has 2 unspecified atom stereocenters. The van der Waals surface area contributed by atoms with Crippen molar-refractivity contribution >= 4 is 10.9 Å². The van der Waals surface area contributed by atoms with Crippen molar-refractivity contribution in [2.45, 2.75) is 45.8 Å². The summed E-state index contributed by atoms with van der Waals surface area (Å²) in [6.07, 6.45) is 2.80. The molecule has 2 atom stereocenters. The van der Waals surface area contributed by atoms with Gasteiger partial charge in [-0.3, -0.25) is 4.98 Å². The molecule has 2 aromatic rings. The van der Waals surface area contributed by atoms with Gasteiger partial charge in [-0.05, 0) is 44.5 Å². The quantitative estimate of drug-likeness (QED) is 0.832. The minimum Gasteiger partial charge on any atom is -0.374 e. The monoisotopic (exact) mass is 286 g/mol. The largest absolute Gasteiger partial charge is 0.374 e. The van der Waals surface area contributed by atoms with Crippen molar-refractivity contribution in [3.8, 4) is 0 Å². The van der Waals surface area contributed by atoms with Crippen LogP contribution in [0.15, 0.2) is 36.5 Å². The molecule has 114 valence electrons. The van der Waals surface area contributed by atoms with Crippen LogP contribution < -0.4 is 5.32 Å². The average Bonchev–Trinajstić information content (AvgIpc) is 2.52. The first-order chi connectivity index (χ1) is 10.1. The van der Waals surface area contributed by atoms with Gasteiger partial charge in [-0.15, -0.1) is 0 Å². The summed E-state index contributed by atoms with van der Waals surface area (Å²) in [6, 6.07) is 10.7. The van der Waals surface area contributed by atoms with Crippen LogP contribution in [0.5, 0.6) is 0 Å². The van der Waals surface area contributed by atoms with Crippen molar-refractivity contribution in [3.63, 3.8) is 0 Å². The van der Waals surface area contributed by atoms with Gasteiger partial charge in [-0.1, -0.05) is 32.0 Å². The lowest BCUT2D eigenvalue weighted by Crippen LogP contribution is -2.43. The van der Waals surface area contributed by atoms with Crippen molar-refractivity contribution in [2.75, 3.05) is 13.2 Å². The Balaban J connectivity index is 2.43. The molecule has 0 saturated carbocycles. The number of hydrogen-bond donors (Lipinski definition) is 1. The number of likely N-dealkylation sites (N-methyl/N-ethyl adjacent to an activating group) is 1. The maximum atomic E-state index is 6.08. The summed E-state index contributed by atoms with van der Waals surface area (Å²) in [4.78, 5) is 4.47. The number of aromatic nitrogens is 1. The molecule has 0 radical (unpaired) electrons. The van der Waals surface area contributed by atoms with Crippen LogP contribution in [0, 0.1) is 0 Å². The molecule has 3 nitrogen and oxygen atoms in total. The summed E-state index contributed by atoms with van der Waals surface area (Å²) < 4.78 is 6.08. The molecule has 1 aromatic carbocycles. The fourth-order valence-electron chi connectivity index (χ4n) is 2.87. The standard InChI is InChI=1S/C18H26N2O/c1-5-18(4,21-7-3)17(19-6-2)15-11-10-14-9-8-12-20-16(14)13-15/h8-13,17,19H,5-7H2,1-4H3. The number of benzene rings is 1. The van der Waals surface area contributed by atoms with Crippen LogP contribution in [0.2, 0.25) is 0 Å². The molecule has 0 aliphatic heterocycles. The average molecular weight is 286 g/mol. The minimum atomic E-state index is -0.215. The van der Waals surface area contributed by atoms with Crippen molar-refractivity contribution in [1.29, 1.82) is 0 Å². The zero-order valence-corrected chi connectivity index (χ0v) is 13.5. The van der Waals surface area contributed by atoms with Gasteiger partial charge >= 0.3 is 0 Å². The SMILES string of the molecule is CCNC(c1ccc2cccnc2c1)C(C)(CC)OCC. The van der Waals surface area contributed by atoms with E-state index in [2.05, 4.69) is 62.3 Å². The Morgan fingerprint density at radius 1 is 1.24 bits per heavy atom. The zero-order chi connectivity index (χ0) is 15.3. The predicted molar refractivity (Wildman–Crippen MR) is 88.5 cm³/mol. The Bertz CT molecular complexity index is 584. The first-order valence-electron chi connectivity index (χ1n) is 7.86. The summed E-state index contributed by atoms with van der Waals surface area (Å²) in [5.41, 5.74) is 2.06. The van der Waals surface area contributed by atoms with Crippen LogP contribution in [-0.4, -0.2) is 23.7 Å². The minimum absolute atomic E-state index is 0.166. The topological polar surface area (TPSA) is 34.2 Å². The van der Waals surface area contributed by atoms with E-state index in [0.29, 0.717) is 0 Å². The van der Waals surface area contributed by atoms with Gasteiger partial charge in [0.15, 0.2) is 0 Å². The van der Waals surface area contributed by atoms with E-state index in [1.165, 1.54) is 10.9 Å². The Labute approximate surface area is 127 Å². The fourth-order valence-corrected chi connectivity index (χ4v) is 2.87. The highest BCUT2D eigenvalue weighted by Gasteiger charge is 2.34.